The van der Waals surface area contributed by atoms with E-state index in [0.717, 1.165) is 64.2 Å². The minimum atomic E-state index is -4.63. The van der Waals surface area contributed by atoms with Gasteiger partial charge in [0.25, 0.3) is 7.82 Å². The average Bonchev–Trinajstić information content (AvgIpc) is 3.29. The minimum Gasteiger partial charge on any atom is -0.756 e. The third-order valence-corrected chi connectivity index (χ3v) is 13.4. The van der Waals surface area contributed by atoms with Crippen molar-refractivity contribution in [2.45, 2.75) is 270 Å². The van der Waals surface area contributed by atoms with Gasteiger partial charge in [-0.05, 0) is 44.9 Å². The number of allylic oxidation sites excluding steroid dienone is 6. The van der Waals surface area contributed by atoms with Crippen LogP contribution < -0.4 is 4.89 Å². The van der Waals surface area contributed by atoms with Crippen LogP contribution in [-0.4, -0.2) is 70.0 Å². The van der Waals surface area contributed by atoms with Crippen molar-refractivity contribution >= 4 is 19.8 Å². The molecule has 0 N–H and O–H groups in total. The number of hydrogen-bond donors (Lipinski definition) is 0. The zero-order valence-electron chi connectivity index (χ0n) is 44.6. The van der Waals surface area contributed by atoms with E-state index in [4.69, 9.17) is 18.5 Å². The van der Waals surface area contributed by atoms with Gasteiger partial charge in [-0.25, -0.2) is 0 Å². The predicted molar refractivity (Wildman–Crippen MR) is 282 cm³/mol. The molecule has 10 heteroatoms. The Morgan fingerprint density at radius 2 is 0.851 bits per heavy atom. The maximum atomic E-state index is 12.8. The normalized spacial score (nSPS) is 13.6. The molecule has 0 aliphatic heterocycles. The third-order valence-electron chi connectivity index (χ3n) is 12.4. The van der Waals surface area contributed by atoms with Crippen molar-refractivity contribution < 1.29 is 42.1 Å². The largest absolute Gasteiger partial charge is 0.756 e. The van der Waals surface area contributed by atoms with E-state index in [-0.39, 0.29) is 32.0 Å². The predicted octanol–water partition coefficient (Wildman–Crippen LogP) is 16.6. The van der Waals surface area contributed by atoms with Crippen LogP contribution in [0, 0.1) is 0 Å². The van der Waals surface area contributed by atoms with E-state index in [1.165, 1.54) is 167 Å². The molecule has 2 unspecified atom stereocenters. The molecule has 0 aliphatic carbocycles. The van der Waals surface area contributed by atoms with Gasteiger partial charge in [0.1, 0.15) is 19.8 Å². The lowest BCUT2D eigenvalue weighted by Crippen LogP contribution is -2.37. The molecule has 0 saturated carbocycles. The van der Waals surface area contributed by atoms with E-state index in [9.17, 15) is 19.0 Å². The smallest absolute Gasteiger partial charge is 0.306 e. The maximum Gasteiger partial charge on any atom is 0.306 e. The first kappa shape index (κ1) is 65.2. The van der Waals surface area contributed by atoms with Crippen molar-refractivity contribution in [1.82, 2.24) is 0 Å². The first-order valence-electron chi connectivity index (χ1n) is 28.2. The molecule has 0 aromatic heterocycles. The van der Waals surface area contributed by atoms with Crippen LogP contribution in [-0.2, 0) is 32.7 Å². The molecule has 0 aliphatic rings. The quantitative estimate of drug-likeness (QED) is 0.0195. The van der Waals surface area contributed by atoms with Crippen LogP contribution in [0.1, 0.15) is 264 Å². The van der Waals surface area contributed by atoms with E-state index in [1.807, 2.05) is 21.1 Å². The van der Waals surface area contributed by atoms with Crippen LogP contribution in [0.4, 0.5) is 0 Å². The maximum absolute atomic E-state index is 12.8. The van der Waals surface area contributed by atoms with Gasteiger partial charge in [-0.15, -0.1) is 0 Å². The molecule has 0 aromatic rings. The summed E-state index contributed by atoms with van der Waals surface area (Å²) in [7, 11) is 1.17. The van der Waals surface area contributed by atoms with Gasteiger partial charge in [-0.1, -0.05) is 243 Å². The topological polar surface area (TPSA) is 111 Å². The fourth-order valence-corrected chi connectivity index (χ4v) is 8.81. The zero-order valence-corrected chi connectivity index (χ0v) is 45.5. The number of phosphoric acid groups is 1. The van der Waals surface area contributed by atoms with Gasteiger partial charge in [0.2, 0.25) is 0 Å². The number of carbonyl (C=O) groups excluding carboxylic acids is 2. The number of quaternary nitrogens is 1. The summed E-state index contributed by atoms with van der Waals surface area (Å²) in [5, 5.41) is 0. The molecule has 0 amide bonds. The summed E-state index contributed by atoms with van der Waals surface area (Å²) in [6, 6.07) is 0. The summed E-state index contributed by atoms with van der Waals surface area (Å²) in [6.07, 6.45) is 59.1. The van der Waals surface area contributed by atoms with Gasteiger partial charge in [0.15, 0.2) is 6.10 Å². The zero-order chi connectivity index (χ0) is 49.2. The molecule has 0 fully saturated rings. The van der Waals surface area contributed by atoms with Crippen LogP contribution in [0.15, 0.2) is 36.5 Å². The molecule has 9 nitrogen and oxygen atoms in total. The highest BCUT2D eigenvalue weighted by Gasteiger charge is 2.22. The molecule has 2 atom stereocenters. The van der Waals surface area contributed by atoms with Crippen molar-refractivity contribution in [2.24, 2.45) is 0 Å². The van der Waals surface area contributed by atoms with Gasteiger partial charge in [0, 0.05) is 12.8 Å². The summed E-state index contributed by atoms with van der Waals surface area (Å²) in [5.41, 5.74) is 0. The summed E-state index contributed by atoms with van der Waals surface area (Å²) in [6.45, 7) is 4.15. The molecule has 0 spiro atoms. The van der Waals surface area contributed by atoms with Crippen LogP contribution in [0.5, 0.6) is 0 Å². The average molecular weight is 966 g/mol. The highest BCUT2D eigenvalue weighted by Crippen LogP contribution is 2.38. The fraction of sp³-hybridized carbons (Fsp3) is 0.860. The van der Waals surface area contributed by atoms with E-state index in [0.29, 0.717) is 17.4 Å². The Kier molecular flexibility index (Phi) is 47.9. The fourth-order valence-electron chi connectivity index (χ4n) is 8.08. The highest BCUT2D eigenvalue weighted by atomic mass is 31.2. The van der Waals surface area contributed by atoms with E-state index >= 15 is 0 Å². The number of rotatable bonds is 52. The lowest BCUT2D eigenvalue weighted by atomic mass is 10.0. The van der Waals surface area contributed by atoms with Gasteiger partial charge >= 0.3 is 11.9 Å². The van der Waals surface area contributed by atoms with Crippen molar-refractivity contribution in [3.05, 3.63) is 36.5 Å². The van der Waals surface area contributed by atoms with E-state index in [1.54, 1.807) is 0 Å². The number of unbranched alkanes of at least 4 members (excludes halogenated alkanes) is 32. The number of carbonyl (C=O) groups is 2. The summed E-state index contributed by atoms with van der Waals surface area (Å²) >= 11 is 0. The van der Waals surface area contributed by atoms with Crippen molar-refractivity contribution in [2.75, 3.05) is 47.5 Å². The number of hydrogen-bond acceptors (Lipinski definition) is 8. The molecule has 67 heavy (non-hydrogen) atoms. The van der Waals surface area contributed by atoms with Gasteiger partial charge < -0.3 is 27.9 Å². The number of nitrogens with zero attached hydrogens (tertiary/aromatic N) is 1. The molecule has 0 heterocycles. The second kappa shape index (κ2) is 49.2. The first-order valence-corrected chi connectivity index (χ1v) is 29.7. The van der Waals surface area contributed by atoms with Gasteiger partial charge in [-0.3, -0.25) is 14.2 Å². The van der Waals surface area contributed by atoms with Crippen molar-refractivity contribution in [1.29, 1.82) is 0 Å². The van der Waals surface area contributed by atoms with E-state index in [2.05, 4.69) is 50.3 Å². The highest BCUT2D eigenvalue weighted by molar-refractivity contribution is 7.45. The number of esters is 2. The Morgan fingerprint density at radius 1 is 0.478 bits per heavy atom. The summed E-state index contributed by atoms with van der Waals surface area (Å²) in [5.74, 6) is -0.833. The second-order valence-corrected chi connectivity index (χ2v) is 21.7. The van der Waals surface area contributed by atoms with Gasteiger partial charge in [-0.2, -0.15) is 0 Å². The molecule has 0 bridgehead atoms. The molecule has 0 aromatic carbocycles. The number of likely N-dealkylation sites (N-methyl/N-ethyl adjacent to an activating group) is 1. The molecule has 0 radical (unpaired) electrons. The second-order valence-electron chi connectivity index (χ2n) is 20.3. The van der Waals surface area contributed by atoms with Crippen molar-refractivity contribution in [3.63, 3.8) is 0 Å². The Labute approximate surface area is 414 Å². The number of phosphoric ester groups is 1. The Hall–Kier alpha value is -1.77. The summed E-state index contributed by atoms with van der Waals surface area (Å²) < 4.78 is 34.1. The molecule has 0 saturated heterocycles. The van der Waals surface area contributed by atoms with Crippen LogP contribution in [0.25, 0.3) is 0 Å². The van der Waals surface area contributed by atoms with E-state index < -0.39 is 26.5 Å². The van der Waals surface area contributed by atoms with Gasteiger partial charge in [0.05, 0.1) is 27.7 Å². The Balaban J connectivity index is 4.11. The molecule has 0 rings (SSSR count). The Morgan fingerprint density at radius 3 is 1.27 bits per heavy atom. The molecular formula is C57H108NO8P. The first-order chi connectivity index (χ1) is 32.5. The SMILES string of the molecule is CC/C=C\C/C=C\C/C=C\CCCCCCCCCC(=O)OC(COC(=O)CCCCCCCCCCCCCCCCCCCCCCCCCCCC)COP(=O)([O-])OCC[N+](C)(C)C. The molecular weight excluding hydrogens is 858 g/mol. The standard InChI is InChI=1S/C57H108NO8P/c1-6-8-10-12-14-16-18-20-22-24-25-26-27-28-29-30-31-32-34-35-37-39-41-43-45-47-49-56(59)63-53-55(54-65-67(61,62)64-52-51-58(3,4)5)66-57(60)50-48-46-44-42-40-38-36-33-23-21-19-17-15-13-11-9-7-2/h9,11,15,17,21,23,55H,6-8,10,12-14,16,18-20,22,24-54H2,1-5H3/b11-9-,17-15-,23-21-. The monoisotopic (exact) mass is 966 g/mol. The Bertz CT molecular complexity index is 1230. The summed E-state index contributed by atoms with van der Waals surface area (Å²) in [4.78, 5) is 37.8. The van der Waals surface area contributed by atoms with Crippen molar-refractivity contribution in [3.8, 4) is 0 Å². The lowest BCUT2D eigenvalue weighted by Gasteiger charge is -2.28. The minimum absolute atomic E-state index is 0.0319. The molecule has 394 valence electrons. The van der Waals surface area contributed by atoms with Crippen LogP contribution in [0.2, 0.25) is 0 Å². The lowest BCUT2D eigenvalue weighted by molar-refractivity contribution is -0.870. The van der Waals surface area contributed by atoms with Crippen LogP contribution >= 0.6 is 7.82 Å². The number of ether oxygens (including phenoxy) is 2. The third kappa shape index (κ3) is 53.4. The van der Waals surface area contributed by atoms with Crippen LogP contribution in [0.3, 0.4) is 0 Å².